The third-order valence-electron chi connectivity index (χ3n) is 4.68. The number of carbonyl (C=O) groups excluding carboxylic acids is 1. The predicted octanol–water partition coefficient (Wildman–Crippen LogP) is 3.14. The minimum Gasteiger partial charge on any atom is -0.380 e. The van der Waals surface area contributed by atoms with E-state index in [0.29, 0.717) is 13.2 Å². The summed E-state index contributed by atoms with van der Waals surface area (Å²) in [7, 11) is 1.68. The first kappa shape index (κ1) is 19.7. The number of hydrogen-bond donors (Lipinski definition) is 2. The van der Waals surface area contributed by atoms with E-state index in [0.717, 1.165) is 43.0 Å². The highest BCUT2D eigenvalue weighted by Gasteiger charge is 2.15. The summed E-state index contributed by atoms with van der Waals surface area (Å²) in [5.41, 5.74) is 2.21. The molecule has 2 N–H and O–H groups in total. The Morgan fingerprint density at radius 3 is 2.92 bits per heavy atom. The van der Waals surface area contributed by atoms with E-state index in [4.69, 9.17) is 4.74 Å². The van der Waals surface area contributed by atoms with Crippen molar-refractivity contribution in [3.8, 4) is 0 Å². The monoisotopic (exact) mass is 347 g/mol. The van der Waals surface area contributed by atoms with E-state index in [1.54, 1.807) is 7.11 Å². The van der Waals surface area contributed by atoms with Crippen molar-refractivity contribution in [2.75, 3.05) is 33.3 Å². The fourth-order valence-electron chi connectivity index (χ4n) is 3.39. The quantitative estimate of drug-likeness (QED) is 0.675. The smallest absolute Gasteiger partial charge is 0.315 e. The molecule has 1 aromatic carbocycles. The normalized spacial score (nSPS) is 18.1. The number of benzene rings is 1. The molecule has 25 heavy (non-hydrogen) atoms. The van der Waals surface area contributed by atoms with Crippen LogP contribution >= 0.6 is 0 Å². The molecule has 5 heteroatoms. The molecule has 5 nitrogen and oxygen atoms in total. The first-order chi connectivity index (χ1) is 12.2. The minimum atomic E-state index is -0.0938. The van der Waals surface area contributed by atoms with E-state index in [1.807, 2.05) is 18.2 Å². The molecule has 1 aromatic rings. The molecular formula is C20H33N3O2. The molecule has 140 valence electrons. The highest BCUT2D eigenvalue weighted by molar-refractivity contribution is 5.73. The molecule has 1 heterocycles. The van der Waals surface area contributed by atoms with Crippen LogP contribution in [-0.4, -0.2) is 44.2 Å². The average Bonchev–Trinajstić information content (AvgIpc) is 2.60. The number of piperidine rings is 1. The number of urea groups is 1. The van der Waals surface area contributed by atoms with Crippen molar-refractivity contribution >= 4 is 6.03 Å². The van der Waals surface area contributed by atoms with Crippen LogP contribution in [0.3, 0.4) is 0 Å². The van der Waals surface area contributed by atoms with Gasteiger partial charge in [-0.2, -0.15) is 0 Å². The molecule has 1 unspecified atom stereocenters. The molecule has 1 aliphatic rings. The lowest BCUT2D eigenvalue weighted by molar-refractivity contribution is 0.181. The van der Waals surface area contributed by atoms with Crippen LogP contribution in [0.2, 0.25) is 0 Å². The Balaban J connectivity index is 1.54. The van der Waals surface area contributed by atoms with Gasteiger partial charge >= 0.3 is 6.03 Å². The van der Waals surface area contributed by atoms with Crippen LogP contribution < -0.4 is 10.6 Å². The molecule has 1 saturated heterocycles. The maximum absolute atomic E-state index is 11.9. The number of nitrogens with zero attached hydrogens (tertiary/aromatic N) is 1. The zero-order valence-corrected chi connectivity index (χ0v) is 15.7. The molecule has 1 fully saturated rings. The highest BCUT2D eigenvalue weighted by Crippen LogP contribution is 2.15. The fraction of sp³-hybridized carbons (Fsp3) is 0.650. The molecule has 2 amide bonds. The summed E-state index contributed by atoms with van der Waals surface area (Å²) >= 11 is 0. The van der Waals surface area contributed by atoms with Gasteiger partial charge in [-0.05, 0) is 55.8 Å². The Morgan fingerprint density at radius 1 is 1.28 bits per heavy atom. The van der Waals surface area contributed by atoms with E-state index in [-0.39, 0.29) is 6.03 Å². The van der Waals surface area contributed by atoms with Gasteiger partial charge in [-0.25, -0.2) is 4.79 Å². The number of amides is 2. The SMILES string of the molecule is COCc1cccc(CNC(=O)NCCCCN2CCCC(C)C2)c1. The predicted molar refractivity (Wildman–Crippen MR) is 101 cm³/mol. The Morgan fingerprint density at radius 2 is 2.12 bits per heavy atom. The number of nitrogens with one attached hydrogen (secondary N) is 2. The topological polar surface area (TPSA) is 53.6 Å². The molecule has 0 radical (unpaired) electrons. The van der Waals surface area contributed by atoms with Crippen molar-refractivity contribution in [2.45, 2.75) is 45.8 Å². The minimum absolute atomic E-state index is 0.0938. The van der Waals surface area contributed by atoms with Gasteiger partial charge in [0.25, 0.3) is 0 Å². The molecule has 1 atom stereocenters. The van der Waals surface area contributed by atoms with Gasteiger partial charge in [-0.3, -0.25) is 0 Å². The number of unbranched alkanes of at least 4 members (excludes halogenated alkanes) is 1. The number of ether oxygens (including phenoxy) is 1. The summed E-state index contributed by atoms with van der Waals surface area (Å²) in [6.07, 6.45) is 4.87. The first-order valence-electron chi connectivity index (χ1n) is 9.48. The van der Waals surface area contributed by atoms with E-state index < -0.39 is 0 Å². The average molecular weight is 348 g/mol. The van der Waals surface area contributed by atoms with Gasteiger partial charge in [0.2, 0.25) is 0 Å². The van der Waals surface area contributed by atoms with Crippen LogP contribution in [0.25, 0.3) is 0 Å². The number of hydrogen-bond acceptors (Lipinski definition) is 3. The van der Waals surface area contributed by atoms with E-state index >= 15 is 0 Å². The Kier molecular flexibility index (Phi) is 8.77. The van der Waals surface area contributed by atoms with Crippen molar-refractivity contribution in [1.29, 1.82) is 0 Å². The van der Waals surface area contributed by atoms with Gasteiger partial charge in [0.1, 0.15) is 0 Å². The van der Waals surface area contributed by atoms with Gasteiger partial charge in [0, 0.05) is 26.7 Å². The maximum atomic E-state index is 11.9. The zero-order valence-electron chi connectivity index (χ0n) is 15.7. The summed E-state index contributed by atoms with van der Waals surface area (Å²) in [5.74, 6) is 0.833. The second-order valence-electron chi connectivity index (χ2n) is 7.12. The largest absolute Gasteiger partial charge is 0.380 e. The highest BCUT2D eigenvalue weighted by atomic mass is 16.5. The standard InChI is InChI=1S/C20H33N3O2/c1-17-7-6-12-23(15-17)11-4-3-10-21-20(24)22-14-18-8-5-9-19(13-18)16-25-2/h5,8-9,13,17H,3-4,6-7,10-12,14-16H2,1-2H3,(H2,21,22,24). The number of methoxy groups -OCH3 is 1. The molecule has 1 aliphatic heterocycles. The Bertz CT molecular complexity index is 521. The summed E-state index contributed by atoms with van der Waals surface area (Å²) in [4.78, 5) is 14.4. The van der Waals surface area contributed by atoms with Crippen LogP contribution in [0, 0.1) is 5.92 Å². The van der Waals surface area contributed by atoms with E-state index in [1.165, 1.54) is 25.9 Å². The van der Waals surface area contributed by atoms with Crippen molar-refractivity contribution in [1.82, 2.24) is 15.5 Å². The molecule has 2 rings (SSSR count). The van der Waals surface area contributed by atoms with Crippen LogP contribution in [0.4, 0.5) is 4.79 Å². The van der Waals surface area contributed by atoms with Crippen LogP contribution in [0.5, 0.6) is 0 Å². The third-order valence-corrected chi connectivity index (χ3v) is 4.68. The van der Waals surface area contributed by atoms with Crippen LogP contribution in [0.15, 0.2) is 24.3 Å². The second-order valence-corrected chi connectivity index (χ2v) is 7.12. The van der Waals surface area contributed by atoms with Gasteiger partial charge in [0.05, 0.1) is 6.61 Å². The zero-order chi connectivity index (χ0) is 17.9. The van der Waals surface area contributed by atoms with Gasteiger partial charge in [-0.1, -0.05) is 31.2 Å². The summed E-state index contributed by atoms with van der Waals surface area (Å²) in [6.45, 7) is 7.82. The van der Waals surface area contributed by atoms with Crippen molar-refractivity contribution in [2.24, 2.45) is 5.92 Å². The van der Waals surface area contributed by atoms with Crippen LogP contribution in [0.1, 0.15) is 43.7 Å². The number of likely N-dealkylation sites (tertiary alicyclic amines) is 1. The van der Waals surface area contributed by atoms with Crippen molar-refractivity contribution in [3.63, 3.8) is 0 Å². The van der Waals surface area contributed by atoms with Crippen LogP contribution in [-0.2, 0) is 17.9 Å². The summed E-state index contributed by atoms with van der Waals surface area (Å²) in [6, 6.07) is 7.99. The summed E-state index contributed by atoms with van der Waals surface area (Å²) in [5, 5.41) is 5.86. The molecule has 0 aromatic heterocycles. The number of carbonyl (C=O) groups is 1. The Labute approximate surface area is 152 Å². The second kappa shape index (κ2) is 11.1. The van der Waals surface area contributed by atoms with E-state index in [9.17, 15) is 4.79 Å². The first-order valence-corrected chi connectivity index (χ1v) is 9.48. The molecule has 0 aliphatic carbocycles. The van der Waals surface area contributed by atoms with Crippen molar-refractivity contribution < 1.29 is 9.53 Å². The van der Waals surface area contributed by atoms with Crippen molar-refractivity contribution in [3.05, 3.63) is 35.4 Å². The molecule has 0 saturated carbocycles. The van der Waals surface area contributed by atoms with E-state index in [2.05, 4.69) is 28.5 Å². The third kappa shape index (κ3) is 7.88. The lowest BCUT2D eigenvalue weighted by Crippen LogP contribution is -2.37. The molecular weight excluding hydrogens is 314 g/mol. The lowest BCUT2D eigenvalue weighted by Gasteiger charge is -2.30. The molecule has 0 bridgehead atoms. The fourth-order valence-corrected chi connectivity index (χ4v) is 3.39. The summed E-state index contributed by atoms with van der Waals surface area (Å²) < 4.78 is 5.13. The lowest BCUT2D eigenvalue weighted by atomic mass is 10.0. The molecule has 0 spiro atoms. The maximum Gasteiger partial charge on any atom is 0.315 e. The van der Waals surface area contributed by atoms with Gasteiger partial charge < -0.3 is 20.3 Å². The van der Waals surface area contributed by atoms with Gasteiger partial charge in [-0.15, -0.1) is 0 Å². The van der Waals surface area contributed by atoms with Gasteiger partial charge in [0.15, 0.2) is 0 Å². The number of rotatable bonds is 9. The Hall–Kier alpha value is -1.59.